The summed E-state index contributed by atoms with van der Waals surface area (Å²) < 4.78 is 29.0. The van der Waals surface area contributed by atoms with Gasteiger partial charge in [0.25, 0.3) is 10.0 Å². The van der Waals surface area contributed by atoms with Gasteiger partial charge in [-0.15, -0.1) is 0 Å². The Hall–Kier alpha value is -3.36. The normalized spacial score (nSPS) is 14.4. The molecule has 41 heavy (non-hydrogen) atoms. The number of nitrogens with zero attached hydrogens (tertiary/aromatic N) is 2. The predicted molar refractivity (Wildman–Crippen MR) is 163 cm³/mol. The van der Waals surface area contributed by atoms with Crippen molar-refractivity contribution in [2.45, 2.75) is 76.4 Å². The Labute approximate surface area is 248 Å². The van der Waals surface area contributed by atoms with Gasteiger partial charge >= 0.3 is 0 Å². The first-order valence-electron chi connectivity index (χ1n) is 14.1. The zero-order valence-corrected chi connectivity index (χ0v) is 25.4. The van der Waals surface area contributed by atoms with E-state index in [1.807, 2.05) is 45.0 Å². The van der Waals surface area contributed by atoms with Gasteiger partial charge in [-0.3, -0.25) is 13.9 Å². The van der Waals surface area contributed by atoms with Crippen molar-refractivity contribution >= 4 is 39.1 Å². The number of sulfonamides is 1. The van der Waals surface area contributed by atoms with Crippen molar-refractivity contribution in [3.63, 3.8) is 0 Å². The molecule has 2 amide bonds. The lowest BCUT2D eigenvalue weighted by atomic mass is 10.1. The van der Waals surface area contributed by atoms with E-state index in [-0.39, 0.29) is 34.1 Å². The van der Waals surface area contributed by atoms with Crippen LogP contribution in [0.4, 0.5) is 5.69 Å². The molecule has 0 bridgehead atoms. The van der Waals surface area contributed by atoms with Crippen LogP contribution in [-0.2, 0) is 26.2 Å². The lowest BCUT2D eigenvalue weighted by Gasteiger charge is -2.34. The van der Waals surface area contributed by atoms with Gasteiger partial charge in [-0.1, -0.05) is 85.5 Å². The third-order valence-corrected chi connectivity index (χ3v) is 9.79. The monoisotopic (exact) mass is 595 g/mol. The quantitative estimate of drug-likeness (QED) is 0.294. The second-order valence-corrected chi connectivity index (χ2v) is 12.9. The van der Waals surface area contributed by atoms with E-state index in [9.17, 15) is 18.0 Å². The highest BCUT2D eigenvalue weighted by Crippen LogP contribution is 2.31. The summed E-state index contributed by atoms with van der Waals surface area (Å²) in [5, 5.41) is 3.34. The summed E-state index contributed by atoms with van der Waals surface area (Å²) in [5.41, 5.74) is 2.97. The van der Waals surface area contributed by atoms with E-state index < -0.39 is 28.5 Å². The standard InChI is InChI=1S/C32H38ClN3O4S/c1-4-29(32(38)34-26-13-7-8-14-26)35(21-25-12-6-5-11-24(25)3)31(37)22-36(30-16-10-9-15-28(30)33)41(39,40)27-19-17-23(2)18-20-27/h5-6,9-12,15-20,26,29H,4,7-8,13-14,21-22H2,1-3H3,(H,34,38)/t29-/m0/s1. The smallest absolute Gasteiger partial charge is 0.264 e. The van der Waals surface area contributed by atoms with Crippen molar-refractivity contribution in [2.24, 2.45) is 0 Å². The number of nitrogens with one attached hydrogen (secondary N) is 1. The van der Waals surface area contributed by atoms with Crippen LogP contribution in [0, 0.1) is 13.8 Å². The van der Waals surface area contributed by atoms with Gasteiger partial charge < -0.3 is 10.2 Å². The Morgan fingerprint density at radius 3 is 2.22 bits per heavy atom. The van der Waals surface area contributed by atoms with E-state index >= 15 is 0 Å². The molecule has 7 nitrogen and oxygen atoms in total. The first-order valence-corrected chi connectivity index (χ1v) is 15.9. The number of anilines is 1. The van der Waals surface area contributed by atoms with Crippen LogP contribution >= 0.6 is 11.6 Å². The minimum Gasteiger partial charge on any atom is -0.352 e. The second-order valence-electron chi connectivity index (χ2n) is 10.6. The van der Waals surface area contributed by atoms with Crippen LogP contribution in [0.1, 0.15) is 55.7 Å². The number of aryl methyl sites for hydroxylation is 2. The van der Waals surface area contributed by atoms with Crippen molar-refractivity contribution < 1.29 is 18.0 Å². The first-order chi connectivity index (χ1) is 19.6. The molecule has 3 aromatic carbocycles. The maximum absolute atomic E-state index is 14.2. The maximum Gasteiger partial charge on any atom is 0.264 e. The van der Waals surface area contributed by atoms with Crippen molar-refractivity contribution in [3.05, 3.63) is 94.5 Å². The molecule has 0 aliphatic heterocycles. The van der Waals surface area contributed by atoms with Crippen LogP contribution in [0.25, 0.3) is 0 Å². The number of carbonyl (C=O) groups is 2. The van der Waals surface area contributed by atoms with E-state index in [0.29, 0.717) is 6.42 Å². The van der Waals surface area contributed by atoms with Crippen molar-refractivity contribution in [2.75, 3.05) is 10.8 Å². The molecule has 9 heteroatoms. The van der Waals surface area contributed by atoms with Gasteiger partial charge in [-0.25, -0.2) is 8.42 Å². The number of amides is 2. The number of hydrogen-bond donors (Lipinski definition) is 1. The lowest BCUT2D eigenvalue weighted by molar-refractivity contribution is -0.140. The summed E-state index contributed by atoms with van der Waals surface area (Å²) in [6, 6.07) is 20.0. The Balaban J connectivity index is 1.73. The molecule has 3 aromatic rings. The minimum atomic E-state index is -4.17. The van der Waals surface area contributed by atoms with Gasteiger partial charge in [0.05, 0.1) is 15.6 Å². The number of rotatable bonds is 11. The summed E-state index contributed by atoms with van der Waals surface area (Å²) in [4.78, 5) is 29.3. The van der Waals surface area contributed by atoms with Gasteiger partial charge in [0.2, 0.25) is 11.8 Å². The van der Waals surface area contributed by atoms with Crippen molar-refractivity contribution in [1.29, 1.82) is 0 Å². The molecular weight excluding hydrogens is 558 g/mol. The van der Waals surface area contributed by atoms with E-state index in [2.05, 4.69) is 5.32 Å². The molecule has 1 aliphatic rings. The first kappa shape index (κ1) is 30.6. The molecule has 4 rings (SSSR count). The fourth-order valence-corrected chi connectivity index (χ4v) is 6.98. The van der Waals surface area contributed by atoms with E-state index in [0.717, 1.165) is 46.7 Å². The molecule has 1 fully saturated rings. The summed E-state index contributed by atoms with van der Waals surface area (Å²) in [6.07, 6.45) is 4.35. The van der Waals surface area contributed by atoms with Crippen LogP contribution in [0.3, 0.4) is 0 Å². The topological polar surface area (TPSA) is 86.8 Å². The maximum atomic E-state index is 14.2. The number of carbonyl (C=O) groups excluding carboxylic acids is 2. The molecule has 0 heterocycles. The fourth-order valence-electron chi connectivity index (χ4n) is 5.26. The third-order valence-electron chi connectivity index (χ3n) is 7.70. The lowest BCUT2D eigenvalue weighted by Crippen LogP contribution is -2.53. The van der Waals surface area contributed by atoms with Crippen molar-refractivity contribution in [1.82, 2.24) is 10.2 Å². The predicted octanol–water partition coefficient (Wildman–Crippen LogP) is 6.02. The molecule has 218 valence electrons. The minimum absolute atomic E-state index is 0.0484. The number of para-hydroxylation sites is 1. The SMILES string of the molecule is CC[C@@H](C(=O)NC1CCCC1)N(Cc1ccccc1C)C(=O)CN(c1ccccc1Cl)S(=O)(=O)c1ccc(C)cc1. The average molecular weight is 596 g/mol. The van der Waals surface area contributed by atoms with Gasteiger partial charge in [-0.05, 0) is 68.5 Å². The molecule has 1 N–H and O–H groups in total. The van der Waals surface area contributed by atoms with Crippen LogP contribution < -0.4 is 9.62 Å². The molecule has 0 saturated heterocycles. The molecule has 0 radical (unpaired) electrons. The molecule has 1 aliphatic carbocycles. The third kappa shape index (κ3) is 7.29. The summed E-state index contributed by atoms with van der Waals surface area (Å²) in [7, 11) is -4.17. The van der Waals surface area contributed by atoms with E-state index in [1.54, 1.807) is 36.4 Å². The molecule has 1 atom stereocenters. The van der Waals surface area contributed by atoms with Gasteiger partial charge in [-0.2, -0.15) is 0 Å². The van der Waals surface area contributed by atoms with Gasteiger partial charge in [0.15, 0.2) is 0 Å². The highest BCUT2D eigenvalue weighted by Gasteiger charge is 2.35. The Bertz CT molecular complexity index is 1470. The molecule has 0 aromatic heterocycles. The number of hydrogen-bond acceptors (Lipinski definition) is 4. The Morgan fingerprint density at radius 2 is 1.59 bits per heavy atom. The molecular formula is C32H38ClN3O4S. The van der Waals surface area contributed by atoms with E-state index in [1.165, 1.54) is 17.0 Å². The molecule has 0 unspecified atom stereocenters. The largest absolute Gasteiger partial charge is 0.352 e. The second kappa shape index (κ2) is 13.5. The molecule has 1 saturated carbocycles. The van der Waals surface area contributed by atoms with E-state index in [4.69, 9.17) is 11.6 Å². The summed E-state index contributed by atoms with van der Waals surface area (Å²) in [6.45, 7) is 5.35. The van der Waals surface area contributed by atoms with Crippen LogP contribution in [-0.4, -0.2) is 43.8 Å². The fraction of sp³-hybridized carbons (Fsp3) is 0.375. The number of halogens is 1. The van der Waals surface area contributed by atoms with Gasteiger partial charge in [0, 0.05) is 12.6 Å². The Kier molecular flexibility index (Phi) is 10.1. The number of benzene rings is 3. The Morgan fingerprint density at radius 1 is 0.951 bits per heavy atom. The van der Waals surface area contributed by atoms with Gasteiger partial charge in [0.1, 0.15) is 12.6 Å². The summed E-state index contributed by atoms with van der Waals surface area (Å²) in [5.74, 6) is -0.704. The highest BCUT2D eigenvalue weighted by atomic mass is 35.5. The van der Waals surface area contributed by atoms with Crippen LogP contribution in [0.2, 0.25) is 5.02 Å². The van der Waals surface area contributed by atoms with Crippen LogP contribution in [0.5, 0.6) is 0 Å². The highest BCUT2D eigenvalue weighted by molar-refractivity contribution is 7.92. The molecule has 0 spiro atoms. The summed E-state index contributed by atoms with van der Waals surface area (Å²) >= 11 is 6.49. The zero-order valence-electron chi connectivity index (χ0n) is 23.8. The zero-order chi connectivity index (χ0) is 29.6. The van der Waals surface area contributed by atoms with Crippen LogP contribution in [0.15, 0.2) is 77.7 Å². The average Bonchev–Trinajstić information content (AvgIpc) is 3.46. The van der Waals surface area contributed by atoms with Crippen molar-refractivity contribution in [3.8, 4) is 0 Å².